The van der Waals surface area contributed by atoms with Gasteiger partial charge >= 0.3 is 0 Å². The number of amides is 2. The zero-order valence-electron chi connectivity index (χ0n) is 10.2. The van der Waals surface area contributed by atoms with Crippen LogP contribution in [0, 0.1) is 0 Å². The Morgan fingerprint density at radius 2 is 1.63 bits per heavy atom. The number of carbonyl (C=O) groups is 3. The van der Waals surface area contributed by atoms with Crippen LogP contribution in [0.3, 0.4) is 0 Å². The molecule has 0 saturated heterocycles. The highest BCUT2D eigenvalue weighted by Gasteiger charge is 2.45. The lowest BCUT2D eigenvalue weighted by molar-refractivity contribution is -0.132. The van der Waals surface area contributed by atoms with Crippen LogP contribution in [0.4, 0.5) is 0 Å². The summed E-state index contributed by atoms with van der Waals surface area (Å²) in [4.78, 5) is 37.1. The summed E-state index contributed by atoms with van der Waals surface area (Å²) < 4.78 is 0. The molecule has 1 heterocycles. The third kappa shape index (κ3) is 1.69. The molecule has 19 heavy (non-hydrogen) atoms. The molecular formula is C14H13NO4. The van der Waals surface area contributed by atoms with E-state index in [1.54, 1.807) is 24.3 Å². The molecule has 1 aromatic carbocycles. The fraction of sp³-hybridized carbons (Fsp3) is 0.357. The van der Waals surface area contributed by atoms with Gasteiger partial charge in [0.1, 0.15) is 6.10 Å². The molecule has 5 heteroatoms. The first-order valence-corrected chi connectivity index (χ1v) is 6.29. The topological polar surface area (TPSA) is 74.7 Å². The summed E-state index contributed by atoms with van der Waals surface area (Å²) in [6.45, 7) is 0. The summed E-state index contributed by atoms with van der Waals surface area (Å²) in [6, 6.07) is 5.83. The van der Waals surface area contributed by atoms with Crippen LogP contribution < -0.4 is 0 Å². The van der Waals surface area contributed by atoms with Gasteiger partial charge in [-0.25, -0.2) is 0 Å². The molecule has 0 radical (unpaired) electrons. The lowest BCUT2D eigenvalue weighted by atomic mass is 9.90. The SMILES string of the molecule is O=C1CCCC(N2C(=O)c3ccccc3C2=O)C1O. The largest absolute Gasteiger partial charge is 0.383 e. The Bertz CT molecular complexity index is 546. The molecule has 1 aliphatic heterocycles. The monoisotopic (exact) mass is 259 g/mol. The molecule has 2 unspecified atom stereocenters. The molecule has 1 saturated carbocycles. The first-order chi connectivity index (χ1) is 9.11. The predicted molar refractivity (Wildman–Crippen MR) is 65.6 cm³/mol. The van der Waals surface area contributed by atoms with E-state index in [1.165, 1.54) is 0 Å². The normalized spacial score (nSPS) is 26.8. The van der Waals surface area contributed by atoms with Crippen LogP contribution in [0.25, 0.3) is 0 Å². The molecule has 2 atom stereocenters. The molecule has 3 rings (SSSR count). The van der Waals surface area contributed by atoms with Gasteiger partial charge in [0.2, 0.25) is 0 Å². The maximum absolute atomic E-state index is 12.2. The van der Waals surface area contributed by atoms with Crippen molar-refractivity contribution in [3.8, 4) is 0 Å². The summed E-state index contributed by atoms with van der Waals surface area (Å²) in [7, 11) is 0. The van der Waals surface area contributed by atoms with Gasteiger partial charge in [-0.2, -0.15) is 0 Å². The quantitative estimate of drug-likeness (QED) is 0.756. The van der Waals surface area contributed by atoms with Gasteiger partial charge in [-0.15, -0.1) is 0 Å². The minimum Gasteiger partial charge on any atom is -0.383 e. The molecule has 1 aromatic rings. The van der Waals surface area contributed by atoms with E-state index in [9.17, 15) is 19.5 Å². The average Bonchev–Trinajstić information content (AvgIpc) is 2.67. The van der Waals surface area contributed by atoms with Crippen molar-refractivity contribution in [3.05, 3.63) is 35.4 Å². The number of fused-ring (bicyclic) bond motifs is 1. The van der Waals surface area contributed by atoms with Crippen LogP contribution in [0.15, 0.2) is 24.3 Å². The van der Waals surface area contributed by atoms with Crippen molar-refractivity contribution in [1.82, 2.24) is 4.90 Å². The van der Waals surface area contributed by atoms with Crippen molar-refractivity contribution in [3.63, 3.8) is 0 Å². The Morgan fingerprint density at radius 1 is 1.05 bits per heavy atom. The second kappa shape index (κ2) is 4.28. The van der Waals surface area contributed by atoms with E-state index in [1.807, 2.05) is 0 Å². The Labute approximate surface area is 109 Å². The summed E-state index contributed by atoms with van der Waals surface area (Å²) in [5.41, 5.74) is 0.690. The van der Waals surface area contributed by atoms with Gasteiger partial charge in [0.15, 0.2) is 5.78 Å². The Hall–Kier alpha value is -2.01. The minimum atomic E-state index is -1.25. The number of ketones is 1. The zero-order chi connectivity index (χ0) is 13.6. The smallest absolute Gasteiger partial charge is 0.261 e. The van der Waals surface area contributed by atoms with E-state index in [2.05, 4.69) is 0 Å². The first-order valence-electron chi connectivity index (χ1n) is 6.29. The summed E-state index contributed by atoms with van der Waals surface area (Å²) in [6.07, 6.45) is 0.114. The van der Waals surface area contributed by atoms with E-state index in [-0.39, 0.29) is 5.78 Å². The van der Waals surface area contributed by atoms with Crippen molar-refractivity contribution >= 4 is 17.6 Å². The lowest BCUT2D eigenvalue weighted by Crippen LogP contribution is -2.51. The number of hydrogen-bond acceptors (Lipinski definition) is 4. The number of hydrogen-bond donors (Lipinski definition) is 1. The number of benzene rings is 1. The van der Waals surface area contributed by atoms with Gasteiger partial charge in [-0.05, 0) is 25.0 Å². The fourth-order valence-corrected chi connectivity index (χ4v) is 2.79. The van der Waals surface area contributed by atoms with E-state index < -0.39 is 24.0 Å². The van der Waals surface area contributed by atoms with Gasteiger partial charge < -0.3 is 5.11 Å². The molecule has 1 aliphatic carbocycles. The molecule has 1 fully saturated rings. The third-order valence-electron chi connectivity index (χ3n) is 3.77. The zero-order valence-corrected chi connectivity index (χ0v) is 10.2. The van der Waals surface area contributed by atoms with Crippen molar-refractivity contribution < 1.29 is 19.5 Å². The number of aliphatic hydroxyl groups is 1. The lowest BCUT2D eigenvalue weighted by Gasteiger charge is -2.32. The molecular weight excluding hydrogens is 246 g/mol. The van der Waals surface area contributed by atoms with E-state index in [4.69, 9.17) is 0 Å². The summed E-state index contributed by atoms with van der Waals surface area (Å²) in [5.74, 6) is -1.13. The predicted octanol–water partition coefficient (Wildman–Crippen LogP) is 0.765. The highest BCUT2D eigenvalue weighted by molar-refractivity contribution is 6.21. The number of nitrogens with zero attached hydrogens (tertiary/aromatic N) is 1. The van der Waals surface area contributed by atoms with Crippen molar-refractivity contribution in [2.45, 2.75) is 31.4 Å². The molecule has 1 N–H and O–H groups in total. The van der Waals surface area contributed by atoms with Crippen LogP contribution in [0.2, 0.25) is 0 Å². The molecule has 0 bridgehead atoms. The van der Waals surface area contributed by atoms with E-state index >= 15 is 0 Å². The highest BCUT2D eigenvalue weighted by atomic mass is 16.3. The van der Waals surface area contributed by atoms with Gasteiger partial charge in [0.25, 0.3) is 11.8 Å². The fourth-order valence-electron chi connectivity index (χ4n) is 2.79. The van der Waals surface area contributed by atoms with Gasteiger partial charge in [0, 0.05) is 6.42 Å². The number of aliphatic hydroxyl groups excluding tert-OH is 1. The molecule has 98 valence electrons. The van der Waals surface area contributed by atoms with Gasteiger partial charge in [-0.3, -0.25) is 19.3 Å². The summed E-state index contributed by atoms with van der Waals surface area (Å²) in [5, 5.41) is 9.92. The molecule has 0 aromatic heterocycles. The minimum absolute atomic E-state index is 0.298. The van der Waals surface area contributed by atoms with Crippen LogP contribution >= 0.6 is 0 Å². The van der Waals surface area contributed by atoms with E-state index in [0.717, 1.165) is 4.90 Å². The second-order valence-electron chi connectivity index (χ2n) is 4.90. The second-order valence-corrected chi connectivity index (χ2v) is 4.90. The Kier molecular flexibility index (Phi) is 2.71. The number of carbonyl (C=O) groups excluding carboxylic acids is 3. The van der Waals surface area contributed by atoms with Crippen LogP contribution in [0.1, 0.15) is 40.0 Å². The Balaban J connectivity index is 1.98. The van der Waals surface area contributed by atoms with Gasteiger partial charge in [-0.1, -0.05) is 12.1 Å². The molecule has 2 aliphatic rings. The number of rotatable bonds is 1. The van der Waals surface area contributed by atoms with Gasteiger partial charge in [0.05, 0.1) is 17.2 Å². The van der Waals surface area contributed by atoms with Crippen LogP contribution in [-0.4, -0.2) is 39.7 Å². The van der Waals surface area contributed by atoms with E-state index in [0.29, 0.717) is 30.4 Å². The number of Topliss-reactive ketones (excluding diaryl/α,β-unsaturated/α-hetero) is 1. The third-order valence-corrected chi connectivity index (χ3v) is 3.77. The summed E-state index contributed by atoms with van der Waals surface area (Å²) >= 11 is 0. The maximum atomic E-state index is 12.2. The molecule has 2 amide bonds. The Morgan fingerprint density at radius 3 is 2.21 bits per heavy atom. The molecule has 0 spiro atoms. The van der Waals surface area contributed by atoms with Crippen molar-refractivity contribution in [2.24, 2.45) is 0 Å². The van der Waals surface area contributed by atoms with Crippen LogP contribution in [0.5, 0.6) is 0 Å². The number of imide groups is 1. The maximum Gasteiger partial charge on any atom is 0.261 e. The standard InChI is InChI=1S/C14H13NO4/c16-11-7-3-6-10(12(11)17)15-13(18)8-4-1-2-5-9(8)14(15)19/h1-2,4-5,10,12,17H,3,6-7H2. The highest BCUT2D eigenvalue weighted by Crippen LogP contribution is 2.29. The first kappa shape index (κ1) is 12.0. The van der Waals surface area contributed by atoms with Crippen LogP contribution in [-0.2, 0) is 4.79 Å². The van der Waals surface area contributed by atoms with Crippen molar-refractivity contribution in [2.75, 3.05) is 0 Å². The molecule has 5 nitrogen and oxygen atoms in total. The average molecular weight is 259 g/mol. The van der Waals surface area contributed by atoms with Crippen molar-refractivity contribution in [1.29, 1.82) is 0 Å².